The van der Waals surface area contributed by atoms with Gasteiger partial charge in [-0.2, -0.15) is 0 Å². The van der Waals surface area contributed by atoms with Crippen LogP contribution in [0.25, 0.3) is 10.9 Å². The summed E-state index contributed by atoms with van der Waals surface area (Å²) < 4.78 is 1.03. The van der Waals surface area contributed by atoms with Crippen LogP contribution in [-0.2, 0) is 11.2 Å². The highest BCUT2D eigenvalue weighted by Crippen LogP contribution is 2.26. The van der Waals surface area contributed by atoms with Gasteiger partial charge in [-0.05, 0) is 21.5 Å². The van der Waals surface area contributed by atoms with Crippen molar-refractivity contribution in [3.63, 3.8) is 0 Å². The minimum absolute atomic E-state index is 0.109. The number of likely N-dealkylation sites (N-methyl/N-ethyl adjacent to an activating group) is 1. The highest BCUT2D eigenvalue weighted by molar-refractivity contribution is 9.10. The maximum atomic E-state index is 11.7. The third-order valence-corrected chi connectivity index (χ3v) is 3.25. The van der Waals surface area contributed by atoms with Crippen LogP contribution in [0.5, 0.6) is 0 Å². The lowest BCUT2D eigenvalue weighted by atomic mass is 10.1. The number of carbonyl (C=O) groups excluding carboxylic acids is 1. The molecule has 0 radical (unpaired) electrons. The fourth-order valence-electron chi connectivity index (χ4n) is 1.65. The number of aromatic nitrogens is 1. The van der Waals surface area contributed by atoms with Gasteiger partial charge in [0.25, 0.3) is 0 Å². The molecule has 4 heteroatoms. The van der Waals surface area contributed by atoms with Gasteiger partial charge in [-0.25, -0.2) is 0 Å². The molecule has 0 atom stereocenters. The first-order valence-corrected chi connectivity index (χ1v) is 5.83. The number of H-pyrrole nitrogens is 1. The van der Waals surface area contributed by atoms with Crippen LogP contribution in [0.1, 0.15) is 5.56 Å². The Morgan fingerprint density at radius 1 is 1.44 bits per heavy atom. The van der Waals surface area contributed by atoms with Crippen molar-refractivity contribution in [2.24, 2.45) is 0 Å². The van der Waals surface area contributed by atoms with Crippen LogP contribution in [0.2, 0.25) is 0 Å². The molecule has 0 unspecified atom stereocenters. The molecule has 0 spiro atoms. The molecule has 0 bridgehead atoms. The first-order chi connectivity index (χ1) is 7.59. The summed E-state index contributed by atoms with van der Waals surface area (Å²) in [5, 5.41) is 1.11. The highest BCUT2D eigenvalue weighted by Gasteiger charge is 2.10. The monoisotopic (exact) mass is 280 g/mol. The Morgan fingerprint density at radius 2 is 2.19 bits per heavy atom. The predicted octanol–water partition coefficient (Wildman–Crippen LogP) is 2.56. The summed E-state index contributed by atoms with van der Waals surface area (Å²) in [5.74, 6) is 0.109. The van der Waals surface area contributed by atoms with E-state index in [0.29, 0.717) is 6.42 Å². The number of hydrogen-bond acceptors (Lipinski definition) is 1. The zero-order valence-corrected chi connectivity index (χ0v) is 10.8. The molecular formula is C12H13BrN2O. The van der Waals surface area contributed by atoms with E-state index in [0.717, 1.165) is 20.9 Å². The van der Waals surface area contributed by atoms with Crippen LogP contribution >= 0.6 is 15.9 Å². The van der Waals surface area contributed by atoms with Crippen LogP contribution in [0.4, 0.5) is 0 Å². The summed E-state index contributed by atoms with van der Waals surface area (Å²) in [7, 11) is 3.54. The maximum absolute atomic E-state index is 11.7. The average molecular weight is 281 g/mol. The Morgan fingerprint density at radius 3 is 2.88 bits per heavy atom. The van der Waals surface area contributed by atoms with Crippen molar-refractivity contribution in [3.8, 4) is 0 Å². The molecule has 3 nitrogen and oxygen atoms in total. The number of rotatable bonds is 2. The molecule has 0 aliphatic rings. The molecule has 1 amide bonds. The van der Waals surface area contributed by atoms with E-state index < -0.39 is 0 Å². The molecular weight excluding hydrogens is 268 g/mol. The molecule has 16 heavy (non-hydrogen) atoms. The normalized spacial score (nSPS) is 10.7. The van der Waals surface area contributed by atoms with Crippen molar-refractivity contribution < 1.29 is 4.79 Å². The number of benzene rings is 1. The van der Waals surface area contributed by atoms with E-state index in [1.54, 1.807) is 19.0 Å². The summed E-state index contributed by atoms with van der Waals surface area (Å²) >= 11 is 3.47. The largest absolute Gasteiger partial charge is 0.360 e. The molecule has 84 valence electrons. The van der Waals surface area contributed by atoms with Gasteiger partial charge in [0.1, 0.15) is 0 Å². The topological polar surface area (TPSA) is 36.1 Å². The first kappa shape index (κ1) is 11.2. The molecule has 1 N–H and O–H groups in total. The molecule has 1 aromatic heterocycles. The van der Waals surface area contributed by atoms with E-state index in [1.165, 1.54) is 0 Å². The molecule has 2 aromatic rings. The lowest BCUT2D eigenvalue weighted by Crippen LogP contribution is -2.23. The SMILES string of the molecule is CN(C)C(=O)Cc1cccc2c(Br)c[nH]c12. The third kappa shape index (κ3) is 1.97. The average Bonchev–Trinajstić information content (AvgIpc) is 2.62. The molecule has 0 fully saturated rings. The third-order valence-electron chi connectivity index (χ3n) is 2.59. The second kappa shape index (κ2) is 4.29. The van der Waals surface area contributed by atoms with Gasteiger partial charge < -0.3 is 9.88 Å². The zero-order valence-electron chi connectivity index (χ0n) is 9.25. The number of carbonyl (C=O) groups is 1. The fraction of sp³-hybridized carbons (Fsp3) is 0.250. The molecule has 0 saturated carbocycles. The fourth-order valence-corrected chi connectivity index (χ4v) is 2.10. The quantitative estimate of drug-likeness (QED) is 0.902. The van der Waals surface area contributed by atoms with E-state index >= 15 is 0 Å². The smallest absolute Gasteiger partial charge is 0.226 e. The van der Waals surface area contributed by atoms with Crippen molar-refractivity contribution in [2.45, 2.75) is 6.42 Å². The van der Waals surface area contributed by atoms with Crippen LogP contribution in [0.3, 0.4) is 0 Å². The Kier molecular flexibility index (Phi) is 3.01. The summed E-state index contributed by atoms with van der Waals surface area (Å²) in [5.41, 5.74) is 2.06. The number of nitrogens with zero attached hydrogens (tertiary/aromatic N) is 1. The number of fused-ring (bicyclic) bond motifs is 1. The molecule has 0 saturated heterocycles. The van der Waals surface area contributed by atoms with E-state index in [2.05, 4.69) is 20.9 Å². The van der Waals surface area contributed by atoms with Gasteiger partial charge in [0, 0.05) is 30.2 Å². The number of para-hydroxylation sites is 1. The van der Waals surface area contributed by atoms with Crippen molar-refractivity contribution in [1.82, 2.24) is 9.88 Å². The minimum Gasteiger partial charge on any atom is -0.360 e. The lowest BCUT2D eigenvalue weighted by molar-refractivity contribution is -0.127. The first-order valence-electron chi connectivity index (χ1n) is 5.04. The maximum Gasteiger partial charge on any atom is 0.226 e. The van der Waals surface area contributed by atoms with Gasteiger partial charge in [-0.3, -0.25) is 4.79 Å². The minimum atomic E-state index is 0.109. The number of hydrogen-bond donors (Lipinski definition) is 1. The Labute approximate surface area is 103 Å². The van der Waals surface area contributed by atoms with Crippen LogP contribution < -0.4 is 0 Å². The summed E-state index contributed by atoms with van der Waals surface area (Å²) in [4.78, 5) is 16.5. The van der Waals surface area contributed by atoms with E-state index in [-0.39, 0.29) is 5.91 Å². The second-order valence-electron chi connectivity index (χ2n) is 3.94. The standard InChI is InChI=1S/C12H13BrN2O/c1-15(2)11(16)6-8-4-3-5-9-10(13)7-14-12(8)9/h3-5,7,14H,6H2,1-2H3. The highest BCUT2D eigenvalue weighted by atomic mass is 79.9. The summed E-state index contributed by atoms with van der Waals surface area (Å²) in [6.07, 6.45) is 2.32. The summed E-state index contributed by atoms with van der Waals surface area (Å²) in [6.45, 7) is 0. The lowest BCUT2D eigenvalue weighted by Gasteiger charge is -2.10. The second-order valence-corrected chi connectivity index (χ2v) is 4.80. The van der Waals surface area contributed by atoms with E-state index in [4.69, 9.17) is 0 Å². The zero-order chi connectivity index (χ0) is 11.7. The van der Waals surface area contributed by atoms with Crippen molar-refractivity contribution >= 4 is 32.7 Å². The van der Waals surface area contributed by atoms with Gasteiger partial charge in [-0.15, -0.1) is 0 Å². The van der Waals surface area contributed by atoms with Crippen molar-refractivity contribution in [1.29, 1.82) is 0 Å². The van der Waals surface area contributed by atoms with Gasteiger partial charge in [0.2, 0.25) is 5.91 Å². The molecule has 1 heterocycles. The van der Waals surface area contributed by atoms with E-state index in [9.17, 15) is 4.79 Å². The van der Waals surface area contributed by atoms with Gasteiger partial charge in [-0.1, -0.05) is 18.2 Å². The van der Waals surface area contributed by atoms with Gasteiger partial charge >= 0.3 is 0 Å². The van der Waals surface area contributed by atoms with Crippen molar-refractivity contribution in [3.05, 3.63) is 34.4 Å². The Balaban J connectivity index is 2.41. The molecule has 0 aliphatic carbocycles. The number of aromatic amines is 1. The molecule has 2 rings (SSSR count). The Hall–Kier alpha value is -1.29. The number of halogens is 1. The Bertz CT molecular complexity index is 531. The van der Waals surface area contributed by atoms with Crippen LogP contribution in [0.15, 0.2) is 28.9 Å². The number of amides is 1. The van der Waals surface area contributed by atoms with Gasteiger partial charge in [0.15, 0.2) is 0 Å². The van der Waals surface area contributed by atoms with Gasteiger partial charge in [0.05, 0.1) is 11.9 Å². The molecule has 1 aromatic carbocycles. The van der Waals surface area contributed by atoms with Crippen LogP contribution in [0, 0.1) is 0 Å². The van der Waals surface area contributed by atoms with E-state index in [1.807, 2.05) is 24.4 Å². The van der Waals surface area contributed by atoms with Crippen LogP contribution in [-0.4, -0.2) is 29.9 Å². The number of nitrogens with one attached hydrogen (secondary N) is 1. The van der Waals surface area contributed by atoms with Crippen molar-refractivity contribution in [2.75, 3.05) is 14.1 Å². The summed E-state index contributed by atoms with van der Waals surface area (Å²) in [6, 6.07) is 5.98. The molecule has 0 aliphatic heterocycles. The predicted molar refractivity (Wildman–Crippen MR) is 68.4 cm³/mol.